The van der Waals surface area contributed by atoms with Crippen LogP contribution in [0.5, 0.6) is 0 Å². The maximum atomic E-state index is 12.9. The van der Waals surface area contributed by atoms with Crippen molar-refractivity contribution in [3.63, 3.8) is 0 Å². The lowest BCUT2D eigenvalue weighted by atomic mass is 10.00. The van der Waals surface area contributed by atoms with Crippen molar-refractivity contribution < 1.29 is 9.59 Å². The van der Waals surface area contributed by atoms with Crippen LogP contribution in [-0.4, -0.2) is 56.2 Å². The Labute approximate surface area is 172 Å². The van der Waals surface area contributed by atoms with Crippen molar-refractivity contribution in [3.05, 3.63) is 53.4 Å². The molecule has 0 aliphatic carbocycles. The molecule has 0 bridgehead atoms. The van der Waals surface area contributed by atoms with Gasteiger partial charge in [0.2, 0.25) is 5.91 Å². The van der Waals surface area contributed by atoms with Crippen LogP contribution in [0, 0.1) is 6.92 Å². The largest absolute Gasteiger partial charge is 0.339 e. The fourth-order valence-electron chi connectivity index (χ4n) is 3.79. The van der Waals surface area contributed by atoms with Crippen LogP contribution in [0.4, 0.5) is 0 Å². The molecule has 29 heavy (non-hydrogen) atoms. The molecule has 1 aliphatic rings. The van der Waals surface area contributed by atoms with Crippen LogP contribution in [0.15, 0.2) is 30.6 Å². The third-order valence-electron chi connectivity index (χ3n) is 5.46. The number of amides is 2. The highest BCUT2D eigenvalue weighted by Crippen LogP contribution is 2.29. The predicted octanol–water partition coefficient (Wildman–Crippen LogP) is 2.96. The van der Waals surface area contributed by atoms with Crippen LogP contribution < -0.4 is 0 Å². The number of likely N-dealkylation sites (tertiary alicyclic amines) is 1. The second-order valence-corrected chi connectivity index (χ2v) is 7.30. The second-order valence-electron chi connectivity index (χ2n) is 7.30. The molecule has 0 aromatic carbocycles. The van der Waals surface area contributed by atoms with Gasteiger partial charge in [0.25, 0.3) is 5.91 Å². The van der Waals surface area contributed by atoms with Gasteiger partial charge in [0.05, 0.1) is 23.7 Å². The first kappa shape index (κ1) is 20.9. The summed E-state index contributed by atoms with van der Waals surface area (Å²) in [6.45, 7) is 7.74. The maximum Gasteiger partial charge on any atom is 0.257 e. The lowest BCUT2D eigenvalue weighted by Crippen LogP contribution is -2.40. The molecule has 2 aromatic heterocycles. The van der Waals surface area contributed by atoms with Gasteiger partial charge in [-0.3, -0.25) is 14.6 Å². The molecule has 1 atom stereocenters. The van der Waals surface area contributed by atoms with Crippen LogP contribution in [0.2, 0.25) is 0 Å². The standard InChI is InChI=1S/C22H29N5O2/c1-4-26(5-2)22(29)18-15-24-21(25-16(18)3)19-11-7-9-13-27(19)20(28)14-17-10-6-8-12-23-17/h6,8,10,12,15,19H,4-5,7,9,11,13-14H2,1-3H3. The van der Waals surface area contributed by atoms with E-state index in [0.717, 1.165) is 25.0 Å². The van der Waals surface area contributed by atoms with Gasteiger partial charge in [0, 0.05) is 37.7 Å². The van der Waals surface area contributed by atoms with Gasteiger partial charge in [-0.2, -0.15) is 0 Å². The Kier molecular flexibility index (Phi) is 6.90. The summed E-state index contributed by atoms with van der Waals surface area (Å²) in [5, 5.41) is 0. The van der Waals surface area contributed by atoms with E-state index in [1.165, 1.54) is 0 Å². The zero-order chi connectivity index (χ0) is 20.8. The van der Waals surface area contributed by atoms with Gasteiger partial charge in [0.15, 0.2) is 5.82 Å². The zero-order valence-electron chi connectivity index (χ0n) is 17.5. The van der Waals surface area contributed by atoms with E-state index in [2.05, 4.69) is 15.0 Å². The maximum absolute atomic E-state index is 12.9. The lowest BCUT2D eigenvalue weighted by Gasteiger charge is -2.35. The molecular weight excluding hydrogens is 366 g/mol. The van der Waals surface area contributed by atoms with Gasteiger partial charge >= 0.3 is 0 Å². The molecule has 0 N–H and O–H groups in total. The van der Waals surface area contributed by atoms with E-state index in [1.807, 2.05) is 43.9 Å². The molecule has 3 rings (SSSR count). The highest BCUT2D eigenvalue weighted by atomic mass is 16.2. The number of piperidine rings is 1. The van der Waals surface area contributed by atoms with Crippen molar-refractivity contribution >= 4 is 11.8 Å². The van der Waals surface area contributed by atoms with Gasteiger partial charge in [-0.05, 0) is 52.2 Å². The van der Waals surface area contributed by atoms with Crippen molar-refractivity contribution in [2.75, 3.05) is 19.6 Å². The van der Waals surface area contributed by atoms with Crippen molar-refractivity contribution in [2.45, 2.75) is 52.5 Å². The zero-order valence-corrected chi connectivity index (χ0v) is 17.5. The topological polar surface area (TPSA) is 79.3 Å². The Balaban J connectivity index is 1.81. The quantitative estimate of drug-likeness (QED) is 0.751. The van der Waals surface area contributed by atoms with Crippen molar-refractivity contribution in [1.29, 1.82) is 0 Å². The van der Waals surface area contributed by atoms with Crippen LogP contribution in [-0.2, 0) is 11.2 Å². The Hall–Kier alpha value is -2.83. The molecule has 3 heterocycles. The molecule has 2 aromatic rings. The molecule has 0 radical (unpaired) electrons. The number of rotatable bonds is 6. The first-order chi connectivity index (χ1) is 14.0. The average Bonchev–Trinajstić information content (AvgIpc) is 2.75. The molecule has 154 valence electrons. The lowest BCUT2D eigenvalue weighted by molar-refractivity contribution is -0.134. The van der Waals surface area contributed by atoms with E-state index in [9.17, 15) is 9.59 Å². The summed E-state index contributed by atoms with van der Waals surface area (Å²) in [6.07, 6.45) is 6.43. The molecule has 2 amide bonds. The van der Waals surface area contributed by atoms with Crippen molar-refractivity contribution in [2.24, 2.45) is 0 Å². The monoisotopic (exact) mass is 395 g/mol. The number of pyridine rings is 1. The third kappa shape index (κ3) is 4.78. The third-order valence-corrected chi connectivity index (χ3v) is 5.46. The van der Waals surface area contributed by atoms with E-state index < -0.39 is 0 Å². The molecule has 0 spiro atoms. The summed E-state index contributed by atoms with van der Waals surface area (Å²) in [5.41, 5.74) is 1.95. The molecule has 1 saturated heterocycles. The van der Waals surface area contributed by atoms with E-state index in [4.69, 9.17) is 0 Å². The minimum absolute atomic E-state index is 0.0398. The molecular formula is C22H29N5O2. The highest BCUT2D eigenvalue weighted by Gasteiger charge is 2.30. The number of aromatic nitrogens is 3. The van der Waals surface area contributed by atoms with E-state index in [0.29, 0.717) is 36.7 Å². The number of aryl methyl sites for hydroxylation is 1. The summed E-state index contributed by atoms with van der Waals surface area (Å²) in [4.78, 5) is 42.7. The number of hydrogen-bond donors (Lipinski definition) is 0. The normalized spacial score (nSPS) is 16.5. The first-order valence-electron chi connectivity index (χ1n) is 10.4. The smallest absolute Gasteiger partial charge is 0.257 e. The van der Waals surface area contributed by atoms with E-state index >= 15 is 0 Å². The summed E-state index contributed by atoms with van der Waals surface area (Å²) < 4.78 is 0. The van der Waals surface area contributed by atoms with Gasteiger partial charge in [-0.15, -0.1) is 0 Å². The fraction of sp³-hybridized carbons (Fsp3) is 0.500. The van der Waals surface area contributed by atoms with Gasteiger partial charge in [-0.25, -0.2) is 9.97 Å². The summed E-state index contributed by atoms with van der Waals surface area (Å²) in [6, 6.07) is 5.44. The molecule has 1 fully saturated rings. The molecule has 1 aliphatic heterocycles. The molecule has 7 heteroatoms. The summed E-state index contributed by atoms with van der Waals surface area (Å²) >= 11 is 0. The second kappa shape index (κ2) is 9.58. The van der Waals surface area contributed by atoms with Crippen LogP contribution in [0.25, 0.3) is 0 Å². The Morgan fingerprint density at radius 1 is 1.17 bits per heavy atom. The van der Waals surface area contributed by atoms with Crippen molar-refractivity contribution in [3.8, 4) is 0 Å². The van der Waals surface area contributed by atoms with Crippen LogP contribution >= 0.6 is 0 Å². The summed E-state index contributed by atoms with van der Waals surface area (Å²) in [5.74, 6) is 0.608. The number of carbonyl (C=O) groups is 2. The van der Waals surface area contributed by atoms with Crippen LogP contribution in [0.3, 0.4) is 0 Å². The SMILES string of the molecule is CCN(CC)C(=O)c1cnc(C2CCCCN2C(=O)Cc2ccccn2)nc1C. The van der Waals surface area contributed by atoms with E-state index in [1.54, 1.807) is 17.3 Å². The van der Waals surface area contributed by atoms with Crippen molar-refractivity contribution in [1.82, 2.24) is 24.8 Å². The van der Waals surface area contributed by atoms with E-state index in [-0.39, 0.29) is 24.3 Å². The molecule has 7 nitrogen and oxygen atoms in total. The molecule has 0 saturated carbocycles. The number of nitrogens with zero attached hydrogens (tertiary/aromatic N) is 5. The summed E-state index contributed by atoms with van der Waals surface area (Å²) in [7, 11) is 0. The number of carbonyl (C=O) groups excluding carboxylic acids is 2. The molecule has 1 unspecified atom stereocenters. The van der Waals surface area contributed by atoms with Gasteiger partial charge < -0.3 is 9.80 Å². The Bertz CT molecular complexity index is 852. The number of hydrogen-bond acceptors (Lipinski definition) is 5. The Morgan fingerprint density at radius 3 is 2.62 bits per heavy atom. The van der Waals surface area contributed by atoms with Crippen LogP contribution in [0.1, 0.15) is 66.7 Å². The predicted molar refractivity (Wildman–Crippen MR) is 110 cm³/mol. The Morgan fingerprint density at radius 2 is 1.97 bits per heavy atom. The highest BCUT2D eigenvalue weighted by molar-refractivity contribution is 5.94. The minimum Gasteiger partial charge on any atom is -0.339 e. The van der Waals surface area contributed by atoms with Gasteiger partial charge in [0.1, 0.15) is 0 Å². The first-order valence-corrected chi connectivity index (χ1v) is 10.4. The minimum atomic E-state index is -0.156. The average molecular weight is 396 g/mol. The fourth-order valence-corrected chi connectivity index (χ4v) is 3.79. The van der Waals surface area contributed by atoms with Gasteiger partial charge in [-0.1, -0.05) is 6.07 Å².